The van der Waals surface area contributed by atoms with E-state index < -0.39 is 17.1 Å². The molecule has 0 saturated carbocycles. The molecule has 0 fully saturated rings. The van der Waals surface area contributed by atoms with Gasteiger partial charge in [0.2, 0.25) is 5.91 Å². The number of carbonyl (C=O) groups excluding carboxylic acids is 3. The van der Waals surface area contributed by atoms with Gasteiger partial charge in [0.05, 0.1) is 14.2 Å². The van der Waals surface area contributed by atoms with Crippen LogP contribution in [0.25, 0.3) is 6.08 Å². The number of anilines is 2. The molecule has 0 spiro atoms. The molecule has 0 aliphatic rings. The number of amides is 3. The lowest BCUT2D eigenvalue weighted by Gasteiger charge is -2.18. The van der Waals surface area contributed by atoms with Crippen molar-refractivity contribution in [1.29, 1.82) is 0 Å². The number of carbonyl (C=O) groups is 3. The van der Waals surface area contributed by atoms with Gasteiger partial charge in [-0.25, -0.2) is 0 Å². The Labute approximate surface area is 288 Å². The maximum Gasteiger partial charge on any atom is 0.272 e. The number of hydrogen-bond acceptors (Lipinski definition) is 6. The third kappa shape index (κ3) is 9.06. The number of hydrogen-bond donors (Lipinski definition) is 3. The average Bonchev–Trinajstić information content (AvgIpc) is 3.11. The lowest BCUT2D eigenvalue weighted by Crippen LogP contribution is -2.30. The molecule has 8 nitrogen and oxygen atoms in total. The molecule has 5 aromatic rings. The van der Waals surface area contributed by atoms with E-state index in [0.717, 1.165) is 10.5 Å². The van der Waals surface area contributed by atoms with Crippen LogP contribution in [0.2, 0.25) is 5.02 Å². The minimum atomic E-state index is -0.564. The highest BCUT2D eigenvalue weighted by Gasteiger charge is 2.23. The first-order valence-electron chi connectivity index (χ1n) is 14.8. The van der Waals surface area contributed by atoms with Crippen molar-refractivity contribution in [3.8, 4) is 11.5 Å². The average molecular weight is 678 g/mol. The number of ether oxygens (including phenoxy) is 2. The van der Waals surface area contributed by atoms with Crippen LogP contribution in [0.1, 0.15) is 26.7 Å². The van der Waals surface area contributed by atoms with E-state index in [2.05, 4.69) is 16.0 Å². The van der Waals surface area contributed by atoms with E-state index in [0.29, 0.717) is 39.0 Å². The van der Waals surface area contributed by atoms with E-state index in [1.165, 1.54) is 32.1 Å². The standard InChI is InChI=1S/C38H32ClN3O5S/c1-46-31-18-21-34(47-2)27(22-31)23-33(42-36(43)26-12-7-4-8-13-26)37(44)40-29-16-19-32(20-17-29)48-35(25-10-5-3-6-11-25)38(45)41-30-15-9-14-28(39)24-30/h3-24,35H,1-2H3,(H,40,44)(H,41,45)(H,42,43)/b33-23-. The predicted octanol–water partition coefficient (Wildman–Crippen LogP) is 8.24. The number of halogens is 1. The highest BCUT2D eigenvalue weighted by Crippen LogP contribution is 2.37. The van der Waals surface area contributed by atoms with Crippen molar-refractivity contribution in [3.05, 3.63) is 155 Å². The van der Waals surface area contributed by atoms with Crippen LogP contribution in [-0.2, 0) is 9.59 Å². The third-order valence-corrected chi connectivity index (χ3v) is 8.57. The van der Waals surface area contributed by atoms with Crippen molar-refractivity contribution >= 4 is 58.5 Å². The molecule has 5 rings (SSSR count). The number of nitrogens with one attached hydrogen (secondary N) is 3. The van der Waals surface area contributed by atoms with Gasteiger partial charge in [-0.2, -0.15) is 0 Å². The highest BCUT2D eigenvalue weighted by atomic mass is 35.5. The van der Waals surface area contributed by atoms with Gasteiger partial charge in [0.1, 0.15) is 22.4 Å². The van der Waals surface area contributed by atoms with Gasteiger partial charge in [-0.1, -0.05) is 66.2 Å². The van der Waals surface area contributed by atoms with Gasteiger partial charge in [-0.15, -0.1) is 11.8 Å². The molecule has 0 aromatic heterocycles. The van der Waals surface area contributed by atoms with Crippen LogP contribution >= 0.6 is 23.4 Å². The summed E-state index contributed by atoms with van der Waals surface area (Å²) in [5.41, 5.74) is 2.84. The topological polar surface area (TPSA) is 106 Å². The number of thioether (sulfide) groups is 1. The third-order valence-electron chi connectivity index (χ3n) is 7.06. The summed E-state index contributed by atoms with van der Waals surface area (Å²) in [6, 6.07) is 37.3. The van der Waals surface area contributed by atoms with Gasteiger partial charge in [-0.3, -0.25) is 14.4 Å². The molecule has 0 saturated heterocycles. The Morgan fingerprint density at radius 2 is 1.44 bits per heavy atom. The molecule has 0 radical (unpaired) electrons. The lowest BCUT2D eigenvalue weighted by atomic mass is 10.1. The van der Waals surface area contributed by atoms with E-state index in [1.807, 2.05) is 42.5 Å². The fraction of sp³-hybridized carbons (Fsp3) is 0.0789. The summed E-state index contributed by atoms with van der Waals surface area (Å²) in [4.78, 5) is 41.0. The lowest BCUT2D eigenvalue weighted by molar-refractivity contribution is -0.116. The fourth-order valence-electron chi connectivity index (χ4n) is 4.68. The fourth-order valence-corrected chi connectivity index (χ4v) is 5.89. The summed E-state index contributed by atoms with van der Waals surface area (Å²) in [5, 5.41) is 8.52. The number of methoxy groups -OCH3 is 2. The first-order valence-corrected chi connectivity index (χ1v) is 16.1. The summed E-state index contributed by atoms with van der Waals surface area (Å²) in [6.07, 6.45) is 1.53. The van der Waals surface area contributed by atoms with Gasteiger partial charge in [0, 0.05) is 32.4 Å². The van der Waals surface area contributed by atoms with E-state index >= 15 is 0 Å². The van der Waals surface area contributed by atoms with Crippen LogP contribution in [0.4, 0.5) is 11.4 Å². The summed E-state index contributed by atoms with van der Waals surface area (Å²) >= 11 is 7.49. The first-order chi connectivity index (χ1) is 23.3. The van der Waals surface area contributed by atoms with E-state index in [1.54, 1.807) is 84.9 Å². The largest absolute Gasteiger partial charge is 0.497 e. The van der Waals surface area contributed by atoms with Gasteiger partial charge in [0.25, 0.3) is 11.8 Å². The van der Waals surface area contributed by atoms with Crippen molar-refractivity contribution < 1.29 is 23.9 Å². The zero-order chi connectivity index (χ0) is 33.9. The van der Waals surface area contributed by atoms with Crippen molar-refractivity contribution in [2.75, 3.05) is 24.9 Å². The van der Waals surface area contributed by atoms with Crippen molar-refractivity contribution in [2.24, 2.45) is 0 Å². The Hall–Kier alpha value is -5.51. The summed E-state index contributed by atoms with van der Waals surface area (Å²) in [7, 11) is 3.06. The minimum Gasteiger partial charge on any atom is -0.497 e. The molecule has 10 heteroatoms. The van der Waals surface area contributed by atoms with E-state index in [4.69, 9.17) is 21.1 Å². The number of rotatable bonds is 12. The van der Waals surface area contributed by atoms with Gasteiger partial charge < -0.3 is 25.4 Å². The first kappa shape index (κ1) is 33.8. The second-order valence-corrected chi connectivity index (χ2v) is 12.0. The van der Waals surface area contributed by atoms with Crippen LogP contribution in [0.5, 0.6) is 11.5 Å². The maximum atomic E-state index is 13.6. The van der Waals surface area contributed by atoms with Crippen LogP contribution in [0, 0.1) is 0 Å². The second-order valence-electron chi connectivity index (χ2n) is 10.4. The predicted molar refractivity (Wildman–Crippen MR) is 192 cm³/mol. The molecular formula is C38H32ClN3O5S. The molecule has 5 aromatic carbocycles. The van der Waals surface area contributed by atoms with Crippen LogP contribution in [0.3, 0.4) is 0 Å². The summed E-state index contributed by atoms with van der Waals surface area (Å²) in [5.74, 6) is -0.160. The van der Waals surface area contributed by atoms with Crippen molar-refractivity contribution in [1.82, 2.24) is 5.32 Å². The molecule has 48 heavy (non-hydrogen) atoms. The molecule has 1 atom stereocenters. The second kappa shape index (κ2) is 16.4. The SMILES string of the molecule is COc1ccc(OC)c(/C=C(\NC(=O)c2ccccc2)C(=O)Nc2ccc(SC(C(=O)Nc3cccc(Cl)c3)c3ccccc3)cc2)c1. The molecule has 0 aliphatic carbocycles. The quantitative estimate of drug-likeness (QED) is 0.0908. The van der Waals surface area contributed by atoms with Crippen molar-refractivity contribution in [3.63, 3.8) is 0 Å². The summed E-state index contributed by atoms with van der Waals surface area (Å²) < 4.78 is 10.8. The highest BCUT2D eigenvalue weighted by molar-refractivity contribution is 8.00. The zero-order valence-corrected chi connectivity index (χ0v) is 27.7. The molecule has 3 amide bonds. The van der Waals surface area contributed by atoms with Crippen LogP contribution in [-0.4, -0.2) is 31.9 Å². The Kier molecular flexibility index (Phi) is 11.5. The molecule has 242 valence electrons. The molecule has 0 heterocycles. The Balaban J connectivity index is 1.36. The monoisotopic (exact) mass is 677 g/mol. The Bertz CT molecular complexity index is 1920. The maximum absolute atomic E-state index is 13.6. The molecular weight excluding hydrogens is 646 g/mol. The van der Waals surface area contributed by atoms with Crippen LogP contribution in [0.15, 0.2) is 138 Å². The van der Waals surface area contributed by atoms with Gasteiger partial charge in [-0.05, 0) is 84.4 Å². The van der Waals surface area contributed by atoms with E-state index in [9.17, 15) is 14.4 Å². The Morgan fingerprint density at radius 3 is 2.10 bits per heavy atom. The minimum absolute atomic E-state index is 0.00399. The number of benzene rings is 5. The smallest absolute Gasteiger partial charge is 0.272 e. The molecule has 3 N–H and O–H groups in total. The Morgan fingerprint density at radius 1 is 0.729 bits per heavy atom. The normalized spacial score (nSPS) is 11.6. The van der Waals surface area contributed by atoms with Crippen molar-refractivity contribution in [2.45, 2.75) is 10.1 Å². The van der Waals surface area contributed by atoms with Gasteiger partial charge >= 0.3 is 0 Å². The molecule has 1 unspecified atom stereocenters. The molecule has 0 bridgehead atoms. The zero-order valence-electron chi connectivity index (χ0n) is 26.1. The molecule has 0 aliphatic heterocycles. The van der Waals surface area contributed by atoms with E-state index in [-0.39, 0.29) is 11.6 Å². The van der Waals surface area contributed by atoms with Gasteiger partial charge in [0.15, 0.2) is 0 Å². The summed E-state index contributed by atoms with van der Waals surface area (Å²) in [6.45, 7) is 0. The van der Waals surface area contributed by atoms with Crippen LogP contribution < -0.4 is 25.4 Å².